The van der Waals surface area contributed by atoms with E-state index in [-0.39, 0.29) is 27.7 Å². The highest BCUT2D eigenvalue weighted by atomic mass is 35.5. The molecule has 2 N–H and O–H groups in total. The third-order valence-corrected chi connectivity index (χ3v) is 4.85. The minimum atomic E-state index is -1.28. The zero-order valence-corrected chi connectivity index (χ0v) is 18.2. The molecule has 0 aliphatic carbocycles. The van der Waals surface area contributed by atoms with Crippen molar-refractivity contribution in [2.75, 3.05) is 5.32 Å². The van der Waals surface area contributed by atoms with Crippen LogP contribution >= 0.6 is 11.6 Å². The first-order valence-corrected chi connectivity index (χ1v) is 10.1. The first-order chi connectivity index (χ1) is 14.0. The van der Waals surface area contributed by atoms with Crippen LogP contribution in [0.25, 0.3) is 11.3 Å². The van der Waals surface area contributed by atoms with Crippen molar-refractivity contribution in [3.8, 4) is 11.3 Å². The topological polar surface area (TPSA) is 88.5 Å². The van der Waals surface area contributed by atoms with Crippen molar-refractivity contribution in [1.29, 1.82) is 0 Å². The number of carboxylic acid groups (broad SMARTS) is 1. The smallest absolute Gasteiger partial charge is 0.413 e. The number of aromatic nitrogens is 1. The largest absolute Gasteiger partial charge is 0.478 e. The molecule has 6 nitrogen and oxygen atoms in total. The van der Waals surface area contributed by atoms with Gasteiger partial charge in [0, 0.05) is 5.56 Å². The number of amides is 1. The Labute approximate surface area is 180 Å². The summed E-state index contributed by atoms with van der Waals surface area (Å²) in [6.45, 7) is 7.92. The van der Waals surface area contributed by atoms with Crippen molar-refractivity contribution in [2.45, 2.75) is 52.6 Å². The van der Waals surface area contributed by atoms with Gasteiger partial charge in [0.2, 0.25) is 0 Å². The number of nitrogens with one attached hydrogen (secondary N) is 1. The summed E-state index contributed by atoms with van der Waals surface area (Å²) in [7, 11) is 0. The molecule has 0 saturated carbocycles. The lowest BCUT2D eigenvalue weighted by molar-refractivity contribution is 0.0303. The molecule has 1 aromatic heterocycles. The Balaban J connectivity index is 2.17. The molecule has 1 heterocycles. The molecule has 0 radical (unpaired) electrons. The molecule has 1 unspecified atom stereocenters. The van der Waals surface area contributed by atoms with Gasteiger partial charge >= 0.3 is 12.1 Å². The Kier molecular flexibility index (Phi) is 7.78. The van der Waals surface area contributed by atoms with Gasteiger partial charge in [-0.3, -0.25) is 5.32 Å². The van der Waals surface area contributed by atoms with E-state index in [0.717, 1.165) is 31.4 Å². The summed E-state index contributed by atoms with van der Waals surface area (Å²) in [5.41, 5.74) is -0.784. The Hall–Kier alpha value is -2.67. The number of pyridine rings is 1. The van der Waals surface area contributed by atoms with Crippen LogP contribution < -0.4 is 5.32 Å². The van der Waals surface area contributed by atoms with Crippen molar-refractivity contribution in [3.63, 3.8) is 0 Å². The van der Waals surface area contributed by atoms with Crippen molar-refractivity contribution < 1.29 is 23.8 Å². The molecule has 0 spiro atoms. The van der Waals surface area contributed by atoms with Gasteiger partial charge < -0.3 is 9.84 Å². The minimum Gasteiger partial charge on any atom is -0.478 e. The summed E-state index contributed by atoms with van der Waals surface area (Å²) in [5.74, 6) is -1.43. The minimum absolute atomic E-state index is 0.0393. The molecule has 1 amide bonds. The summed E-state index contributed by atoms with van der Waals surface area (Å²) in [5, 5.41) is 11.5. The Bertz CT molecular complexity index is 933. The molecule has 0 aliphatic heterocycles. The zero-order valence-electron chi connectivity index (χ0n) is 17.5. The lowest BCUT2D eigenvalue weighted by atomic mass is 9.91. The average molecular weight is 437 g/mol. The normalized spacial score (nSPS) is 12.3. The van der Waals surface area contributed by atoms with Gasteiger partial charge in [0.25, 0.3) is 0 Å². The number of aromatic carboxylic acids is 1. The fourth-order valence-corrected chi connectivity index (χ4v) is 3.65. The van der Waals surface area contributed by atoms with Crippen LogP contribution in [0.3, 0.4) is 0 Å². The molecular formula is C22H26ClFN2O4. The average Bonchev–Trinajstić information content (AvgIpc) is 2.60. The van der Waals surface area contributed by atoms with Gasteiger partial charge in [0.1, 0.15) is 17.2 Å². The standard InChI is InChI=1S/C22H26ClFN2O4/c1-5-7-13(2)12-22(3,4)30-21(29)26-19-9-6-8-18(25-19)15-10-14(20(27)28)16(23)11-17(15)24/h6,8-11,13H,5,7,12H2,1-4H3,(H,27,28)(H,25,26,29). The van der Waals surface area contributed by atoms with Crippen molar-refractivity contribution in [1.82, 2.24) is 4.98 Å². The second kappa shape index (κ2) is 9.89. The van der Waals surface area contributed by atoms with Crippen LogP contribution in [0, 0.1) is 11.7 Å². The van der Waals surface area contributed by atoms with E-state index in [4.69, 9.17) is 16.3 Å². The molecule has 1 atom stereocenters. The van der Waals surface area contributed by atoms with Gasteiger partial charge in [-0.05, 0) is 50.5 Å². The molecule has 0 bridgehead atoms. The first-order valence-electron chi connectivity index (χ1n) is 9.72. The van der Waals surface area contributed by atoms with Crippen molar-refractivity contribution in [2.24, 2.45) is 5.92 Å². The number of benzene rings is 1. The zero-order chi connectivity index (χ0) is 22.5. The molecule has 30 heavy (non-hydrogen) atoms. The van der Waals surface area contributed by atoms with Crippen LogP contribution in [-0.4, -0.2) is 27.8 Å². The summed E-state index contributed by atoms with van der Waals surface area (Å²) in [4.78, 5) is 27.8. The van der Waals surface area contributed by atoms with Gasteiger partial charge in [-0.1, -0.05) is 44.4 Å². The Morgan fingerprint density at radius 2 is 2.03 bits per heavy atom. The van der Waals surface area contributed by atoms with Crippen LogP contribution in [0.1, 0.15) is 57.3 Å². The van der Waals surface area contributed by atoms with E-state index in [0.29, 0.717) is 5.92 Å². The highest BCUT2D eigenvalue weighted by molar-refractivity contribution is 6.33. The highest BCUT2D eigenvalue weighted by Crippen LogP contribution is 2.29. The van der Waals surface area contributed by atoms with Gasteiger partial charge in [-0.15, -0.1) is 0 Å². The second-order valence-corrected chi connectivity index (χ2v) is 8.30. The molecule has 0 saturated heterocycles. The number of nitrogens with zero attached hydrogens (tertiary/aromatic N) is 1. The summed E-state index contributed by atoms with van der Waals surface area (Å²) >= 11 is 5.79. The molecule has 1 aromatic carbocycles. The summed E-state index contributed by atoms with van der Waals surface area (Å²) in [6, 6.07) is 6.65. The van der Waals surface area contributed by atoms with Crippen molar-refractivity contribution in [3.05, 3.63) is 46.7 Å². The van der Waals surface area contributed by atoms with Gasteiger partial charge in [0.15, 0.2) is 0 Å². The number of hydrogen-bond donors (Lipinski definition) is 2. The van der Waals surface area contributed by atoms with Gasteiger partial charge in [0.05, 0.1) is 16.3 Å². The SMILES string of the molecule is CCCC(C)CC(C)(C)OC(=O)Nc1cccc(-c2cc(C(=O)O)c(Cl)cc2F)n1. The lowest BCUT2D eigenvalue weighted by Crippen LogP contribution is -2.32. The molecule has 0 fully saturated rings. The van der Waals surface area contributed by atoms with Crippen LogP contribution in [-0.2, 0) is 4.74 Å². The molecule has 2 rings (SSSR count). The van der Waals surface area contributed by atoms with E-state index in [1.54, 1.807) is 6.07 Å². The van der Waals surface area contributed by atoms with Crippen LogP contribution in [0.15, 0.2) is 30.3 Å². The monoisotopic (exact) mass is 436 g/mol. The van der Waals surface area contributed by atoms with Crippen LogP contribution in [0.5, 0.6) is 0 Å². The first kappa shape index (κ1) is 23.6. The maximum absolute atomic E-state index is 14.4. The molecule has 162 valence electrons. The van der Waals surface area contributed by atoms with Crippen LogP contribution in [0.4, 0.5) is 15.0 Å². The quantitative estimate of drug-likeness (QED) is 0.500. The number of ether oxygens (including phenoxy) is 1. The van der Waals surface area contributed by atoms with E-state index in [2.05, 4.69) is 24.1 Å². The van der Waals surface area contributed by atoms with Crippen molar-refractivity contribution >= 4 is 29.5 Å². The molecular weight excluding hydrogens is 411 g/mol. The fourth-order valence-electron chi connectivity index (χ4n) is 3.42. The van der Waals surface area contributed by atoms with Crippen LogP contribution in [0.2, 0.25) is 5.02 Å². The third-order valence-electron chi connectivity index (χ3n) is 4.53. The Morgan fingerprint density at radius 3 is 2.67 bits per heavy atom. The highest BCUT2D eigenvalue weighted by Gasteiger charge is 2.25. The number of hydrogen-bond acceptors (Lipinski definition) is 4. The van der Waals surface area contributed by atoms with Gasteiger partial charge in [-0.2, -0.15) is 0 Å². The maximum Gasteiger partial charge on any atom is 0.413 e. The van der Waals surface area contributed by atoms with E-state index in [1.165, 1.54) is 12.1 Å². The van der Waals surface area contributed by atoms with E-state index >= 15 is 0 Å². The number of carboxylic acids is 1. The summed E-state index contributed by atoms with van der Waals surface area (Å²) < 4.78 is 19.9. The second-order valence-electron chi connectivity index (χ2n) is 7.90. The number of anilines is 1. The Morgan fingerprint density at radius 1 is 1.33 bits per heavy atom. The number of carbonyl (C=O) groups is 2. The molecule has 8 heteroatoms. The predicted molar refractivity (Wildman–Crippen MR) is 114 cm³/mol. The number of halogens is 2. The number of rotatable bonds is 8. The van der Waals surface area contributed by atoms with Gasteiger partial charge in [-0.25, -0.2) is 19.0 Å². The maximum atomic E-state index is 14.4. The van der Waals surface area contributed by atoms with E-state index < -0.39 is 23.5 Å². The van der Waals surface area contributed by atoms with E-state index in [1.807, 2.05) is 13.8 Å². The number of carbonyl (C=O) groups excluding carboxylic acids is 1. The van der Waals surface area contributed by atoms with E-state index in [9.17, 15) is 19.1 Å². The molecule has 0 aliphatic rings. The summed E-state index contributed by atoms with van der Waals surface area (Å²) in [6.07, 6.45) is 2.15. The lowest BCUT2D eigenvalue weighted by Gasteiger charge is -2.28. The fraction of sp³-hybridized carbons (Fsp3) is 0.409. The third kappa shape index (κ3) is 6.42. The predicted octanol–water partition coefficient (Wildman–Crippen LogP) is 6.39. The molecule has 2 aromatic rings.